The Kier molecular flexibility index (Phi) is 12.6. The Labute approximate surface area is 191 Å². The molecule has 8 nitrogen and oxygen atoms in total. The third-order valence-electron chi connectivity index (χ3n) is 3.54. The number of benzene rings is 2. The smallest absolute Gasteiger partial charge is 0.338 e. The van der Waals surface area contributed by atoms with Crippen LogP contribution in [0.1, 0.15) is 23.2 Å². The normalized spacial score (nSPS) is 10.6. The van der Waals surface area contributed by atoms with Crippen LogP contribution < -0.4 is 4.74 Å². The van der Waals surface area contributed by atoms with Crippen molar-refractivity contribution in [3.63, 3.8) is 0 Å². The van der Waals surface area contributed by atoms with E-state index in [0.29, 0.717) is 0 Å². The minimum Gasteiger partial charge on any atom is -0.491 e. The Balaban J connectivity index is 0.000000540. The molecule has 0 amide bonds. The predicted molar refractivity (Wildman–Crippen MR) is 99.3 cm³/mol. The number of aliphatic hydroxyl groups excluding tert-OH is 2. The highest BCUT2D eigenvalue weighted by Crippen LogP contribution is 2.27. The molecule has 0 fully saturated rings. The van der Waals surface area contributed by atoms with Gasteiger partial charge in [-0.3, -0.25) is 4.55 Å². The van der Waals surface area contributed by atoms with Crippen molar-refractivity contribution in [3.8, 4) is 5.75 Å². The van der Waals surface area contributed by atoms with Crippen LogP contribution in [0.15, 0.2) is 11.0 Å². The summed E-state index contributed by atoms with van der Waals surface area (Å²) < 4.78 is 134. The lowest BCUT2D eigenvalue weighted by Crippen LogP contribution is -2.11. The van der Waals surface area contributed by atoms with Gasteiger partial charge in [0, 0.05) is 13.2 Å². The van der Waals surface area contributed by atoms with Crippen LogP contribution >= 0.6 is 0 Å². The molecule has 17 heteroatoms. The molecule has 2 aromatic carbocycles. The lowest BCUT2D eigenvalue weighted by atomic mass is 10.2. The molecule has 35 heavy (non-hydrogen) atoms. The summed E-state index contributed by atoms with van der Waals surface area (Å²) in [5.74, 6) is -19.8. The van der Waals surface area contributed by atoms with Gasteiger partial charge in [-0.15, -0.1) is 0 Å². The van der Waals surface area contributed by atoms with Crippen molar-refractivity contribution in [2.24, 2.45) is 0 Å². The third-order valence-corrected chi connectivity index (χ3v) is 4.42. The fraction of sp³-hybridized carbons (Fsp3) is 0.278. The summed E-state index contributed by atoms with van der Waals surface area (Å²) in [5, 5.41) is 24.6. The summed E-state index contributed by atoms with van der Waals surface area (Å²) in [4.78, 5) is 8.10. The highest BCUT2D eigenvalue weighted by molar-refractivity contribution is 7.85. The fourth-order valence-electron chi connectivity index (χ4n) is 1.95. The molecule has 0 spiro atoms. The second-order valence-electron chi connectivity index (χ2n) is 5.90. The second-order valence-corrected chi connectivity index (χ2v) is 7.26. The zero-order valence-corrected chi connectivity index (χ0v) is 18.1. The molecule has 2 aromatic rings. The van der Waals surface area contributed by atoms with Crippen molar-refractivity contribution in [1.82, 2.24) is 0 Å². The van der Waals surface area contributed by atoms with Crippen LogP contribution in [0.2, 0.25) is 0 Å². The molecule has 4 N–H and O–H groups in total. The van der Waals surface area contributed by atoms with Gasteiger partial charge in [-0.05, 0) is 18.9 Å². The molecule has 0 bridgehead atoms. The van der Waals surface area contributed by atoms with E-state index in [9.17, 15) is 48.3 Å². The van der Waals surface area contributed by atoms with Crippen molar-refractivity contribution < 1.29 is 72.9 Å². The molecular formula is C18H16F8O8S. The first-order chi connectivity index (χ1) is 16.1. The maximum absolute atomic E-state index is 13.1. The van der Waals surface area contributed by atoms with Gasteiger partial charge in [0.05, 0.1) is 7.11 Å². The second kappa shape index (κ2) is 13.8. The minimum absolute atomic E-state index is 0.195. The van der Waals surface area contributed by atoms with Crippen LogP contribution in [-0.4, -0.2) is 54.6 Å². The maximum Gasteiger partial charge on any atom is 0.338 e. The third kappa shape index (κ3) is 8.30. The Bertz CT molecular complexity index is 1130. The Morgan fingerprint density at radius 2 is 1.20 bits per heavy atom. The first-order valence-electron chi connectivity index (χ1n) is 8.73. The molecule has 0 atom stereocenters. The van der Waals surface area contributed by atoms with E-state index in [4.69, 9.17) is 19.9 Å². The molecule has 0 aliphatic heterocycles. The van der Waals surface area contributed by atoms with E-state index in [2.05, 4.69) is 4.74 Å². The van der Waals surface area contributed by atoms with Gasteiger partial charge in [-0.2, -0.15) is 12.8 Å². The molecule has 0 saturated carbocycles. The number of carbonyl (C=O) groups is 1. The maximum atomic E-state index is 13.1. The van der Waals surface area contributed by atoms with Crippen LogP contribution in [-0.2, 0) is 10.1 Å². The van der Waals surface area contributed by atoms with E-state index in [1.54, 1.807) is 0 Å². The van der Waals surface area contributed by atoms with Gasteiger partial charge in [0.15, 0.2) is 45.5 Å². The summed E-state index contributed by atoms with van der Waals surface area (Å²) in [6.07, 6.45) is 1.44. The number of halogens is 8. The van der Waals surface area contributed by atoms with Crippen molar-refractivity contribution in [3.05, 3.63) is 58.2 Å². The van der Waals surface area contributed by atoms with E-state index in [-0.39, 0.29) is 19.3 Å². The zero-order valence-electron chi connectivity index (χ0n) is 17.3. The van der Waals surface area contributed by atoms with Crippen LogP contribution in [0.5, 0.6) is 5.75 Å². The van der Waals surface area contributed by atoms with Crippen LogP contribution in [0.4, 0.5) is 35.1 Å². The molecule has 0 aliphatic carbocycles. The molecule has 0 aliphatic rings. The zero-order chi connectivity index (χ0) is 27.7. The molecule has 198 valence electrons. The van der Waals surface area contributed by atoms with E-state index in [1.165, 1.54) is 0 Å². The Morgan fingerprint density at radius 3 is 1.51 bits per heavy atom. The van der Waals surface area contributed by atoms with Gasteiger partial charge in [0.25, 0.3) is 0 Å². The van der Waals surface area contributed by atoms with Crippen LogP contribution in [0.3, 0.4) is 0 Å². The van der Waals surface area contributed by atoms with Gasteiger partial charge in [0.2, 0.25) is 11.6 Å². The molecular weight excluding hydrogens is 528 g/mol. The quantitative estimate of drug-likeness (QED) is 0.143. The van der Waals surface area contributed by atoms with Crippen molar-refractivity contribution >= 4 is 16.1 Å². The predicted octanol–water partition coefficient (Wildman–Crippen LogP) is 3.19. The van der Waals surface area contributed by atoms with Crippen molar-refractivity contribution in [2.45, 2.75) is 17.7 Å². The number of aliphatic hydroxyl groups is 2. The van der Waals surface area contributed by atoms with Gasteiger partial charge in [0.1, 0.15) is 5.56 Å². The number of methoxy groups -OCH3 is 1. The van der Waals surface area contributed by atoms with E-state index in [1.807, 2.05) is 0 Å². The topological polar surface area (TPSA) is 141 Å². The van der Waals surface area contributed by atoms with Crippen LogP contribution in [0.25, 0.3) is 0 Å². The average molecular weight is 544 g/mol. The number of aromatic carboxylic acids is 1. The monoisotopic (exact) mass is 544 g/mol. The van der Waals surface area contributed by atoms with E-state index in [0.717, 1.165) is 20.0 Å². The molecule has 0 saturated heterocycles. The van der Waals surface area contributed by atoms with Gasteiger partial charge >= 0.3 is 16.1 Å². The molecule has 0 unspecified atom stereocenters. The number of unbranched alkanes of at least 4 members (excludes halogenated alkanes) is 1. The Hall–Kier alpha value is -3.02. The lowest BCUT2D eigenvalue weighted by Gasteiger charge is -2.06. The summed E-state index contributed by atoms with van der Waals surface area (Å²) in [6, 6.07) is 0.259. The first-order valence-corrected chi connectivity index (χ1v) is 10.2. The summed E-state index contributed by atoms with van der Waals surface area (Å²) in [7, 11) is -4.61. The summed E-state index contributed by atoms with van der Waals surface area (Å²) >= 11 is 0. The SMILES string of the molecule is COc1c(F)c(F)cc(C(=O)O)c1F.O=S(=O)(O)c1c(F)c(F)c(F)c(F)c1F.OCCCCO. The van der Waals surface area contributed by atoms with Gasteiger partial charge in [-0.25, -0.2) is 35.5 Å². The van der Waals surface area contributed by atoms with Crippen molar-refractivity contribution in [1.29, 1.82) is 0 Å². The first kappa shape index (κ1) is 32.0. The largest absolute Gasteiger partial charge is 0.491 e. The molecule has 0 heterocycles. The van der Waals surface area contributed by atoms with E-state index < -0.39 is 78.8 Å². The number of rotatable bonds is 6. The van der Waals surface area contributed by atoms with Gasteiger partial charge < -0.3 is 20.1 Å². The fourth-order valence-corrected chi connectivity index (χ4v) is 2.58. The summed E-state index contributed by atoms with van der Waals surface area (Å²) in [6.45, 7) is 0.390. The number of hydrogen-bond donors (Lipinski definition) is 4. The number of ether oxygens (including phenoxy) is 1. The lowest BCUT2D eigenvalue weighted by molar-refractivity contribution is 0.0689. The van der Waals surface area contributed by atoms with E-state index >= 15 is 0 Å². The Morgan fingerprint density at radius 1 is 0.800 bits per heavy atom. The highest BCUT2D eigenvalue weighted by Gasteiger charge is 2.32. The number of hydrogen-bond acceptors (Lipinski definition) is 6. The number of carboxylic acid groups (broad SMARTS) is 1. The molecule has 0 radical (unpaired) electrons. The number of carboxylic acids is 1. The molecule has 0 aromatic heterocycles. The van der Waals surface area contributed by atoms with Crippen molar-refractivity contribution in [2.75, 3.05) is 20.3 Å². The minimum atomic E-state index is -5.52. The molecule has 2 rings (SSSR count). The summed E-state index contributed by atoms with van der Waals surface area (Å²) in [5.41, 5.74) is -0.972. The standard InChI is InChI=1S/C8H5F3O3.C6HF5O3S.C4H10O2/c1-14-7-5(10)3(8(12)13)2-4(9)6(7)11;7-1-2(8)4(10)6(15(12,13)14)5(11)3(1)9;5-3-1-2-4-6/h2H,1H3,(H,12,13);(H,12,13,14);5-6H,1-4H2. The highest BCUT2D eigenvalue weighted by atomic mass is 32.2. The van der Waals surface area contributed by atoms with Gasteiger partial charge in [-0.1, -0.05) is 0 Å². The van der Waals surface area contributed by atoms with Crippen LogP contribution in [0, 0.1) is 46.5 Å². The average Bonchev–Trinajstić information content (AvgIpc) is 2.77.